The van der Waals surface area contributed by atoms with Gasteiger partial charge in [0, 0.05) is 11.6 Å². The lowest BCUT2D eigenvalue weighted by Gasteiger charge is -2.43. The molecule has 0 bridgehead atoms. The summed E-state index contributed by atoms with van der Waals surface area (Å²) in [5.41, 5.74) is -2.99. The fourth-order valence-electron chi connectivity index (χ4n) is 3.71. The van der Waals surface area contributed by atoms with E-state index in [-0.39, 0.29) is 25.5 Å². The first-order valence-corrected chi connectivity index (χ1v) is 9.76. The summed E-state index contributed by atoms with van der Waals surface area (Å²) < 4.78 is 231. The van der Waals surface area contributed by atoms with Crippen LogP contribution in [0.2, 0.25) is 0 Å². The zero-order chi connectivity index (χ0) is 29.3. The summed E-state index contributed by atoms with van der Waals surface area (Å²) in [4.78, 5) is 1.24. The Bertz CT molecular complexity index is 981. The monoisotopic (exact) mass is 579 g/mol. The van der Waals surface area contributed by atoms with Crippen LogP contribution >= 0.6 is 0 Å². The number of nitrogens with zero attached hydrogens (tertiary/aromatic N) is 1. The molecule has 1 aliphatic rings. The van der Waals surface area contributed by atoms with Gasteiger partial charge in [-0.15, -0.1) is 0 Å². The normalized spacial score (nSPS) is 20.0. The summed E-state index contributed by atoms with van der Waals surface area (Å²) >= 11 is 0. The number of hydrogen-bond donors (Lipinski definition) is 0. The third-order valence-electron chi connectivity index (χ3n) is 5.90. The van der Waals surface area contributed by atoms with E-state index < -0.39 is 64.8 Å². The summed E-state index contributed by atoms with van der Waals surface area (Å²) in [6, 6.07) is 0.951. The van der Waals surface area contributed by atoms with E-state index in [1.807, 2.05) is 0 Å². The third-order valence-corrected chi connectivity index (χ3v) is 5.90. The van der Waals surface area contributed by atoms with E-state index in [4.69, 9.17) is 0 Å². The van der Waals surface area contributed by atoms with Crippen LogP contribution in [-0.2, 0) is 5.92 Å². The Hall–Kier alpha value is -2.01. The highest BCUT2D eigenvalue weighted by Gasteiger charge is 2.95. The minimum Gasteiger partial charge on any atom is -0.299 e. The highest BCUT2D eigenvalue weighted by atomic mass is 19.4. The van der Waals surface area contributed by atoms with Crippen LogP contribution in [0, 0.1) is 0 Å². The maximum absolute atomic E-state index is 14.8. The summed E-state index contributed by atoms with van der Waals surface area (Å²) in [6.45, 7) is 0.157. The van der Waals surface area contributed by atoms with Gasteiger partial charge in [-0.1, -0.05) is 24.3 Å². The standard InChI is InChI=1S/C19H14F17N/c1-37-8-4-7-11(37)9-5-2-3-6-10(9)12(20,21)13(22,23)14(24,25)15(26,27)16(28,29)17(30,31)18(32,33)19(34,35)36/h2-3,5-6,11H,4,7-8H2,1H3. The largest absolute Gasteiger partial charge is 0.460 e. The summed E-state index contributed by atoms with van der Waals surface area (Å²) in [5, 5.41) is 0. The van der Waals surface area contributed by atoms with Gasteiger partial charge in [-0.25, -0.2) is 0 Å². The Morgan fingerprint density at radius 2 is 1.00 bits per heavy atom. The topological polar surface area (TPSA) is 3.24 Å². The van der Waals surface area contributed by atoms with E-state index in [0.717, 1.165) is 6.07 Å². The van der Waals surface area contributed by atoms with Crippen molar-refractivity contribution in [2.24, 2.45) is 0 Å². The molecule has 1 aromatic rings. The van der Waals surface area contributed by atoms with E-state index in [0.29, 0.717) is 12.1 Å². The molecule has 214 valence electrons. The van der Waals surface area contributed by atoms with E-state index in [9.17, 15) is 74.6 Å². The van der Waals surface area contributed by atoms with Crippen LogP contribution in [0.5, 0.6) is 0 Å². The van der Waals surface area contributed by atoms with Crippen molar-refractivity contribution in [3.8, 4) is 0 Å². The average molecular weight is 579 g/mol. The first-order chi connectivity index (χ1) is 16.2. The lowest BCUT2D eigenvalue weighted by Crippen LogP contribution is -2.74. The van der Waals surface area contributed by atoms with Crippen molar-refractivity contribution in [3.63, 3.8) is 0 Å². The molecule has 1 saturated heterocycles. The maximum atomic E-state index is 14.8. The second kappa shape index (κ2) is 8.76. The fourth-order valence-corrected chi connectivity index (χ4v) is 3.71. The lowest BCUT2D eigenvalue weighted by atomic mass is 9.85. The highest BCUT2D eigenvalue weighted by Crippen LogP contribution is 2.65. The molecule has 0 saturated carbocycles. The van der Waals surface area contributed by atoms with Gasteiger partial charge in [0.25, 0.3) is 0 Å². The molecule has 0 aliphatic carbocycles. The number of alkyl halides is 17. The van der Waals surface area contributed by atoms with E-state index in [1.54, 1.807) is 0 Å². The van der Waals surface area contributed by atoms with Crippen molar-refractivity contribution < 1.29 is 74.6 Å². The van der Waals surface area contributed by atoms with Crippen LogP contribution in [0.15, 0.2) is 24.3 Å². The third kappa shape index (κ3) is 4.11. The molecule has 1 aliphatic heterocycles. The van der Waals surface area contributed by atoms with E-state index in [2.05, 4.69) is 0 Å². The lowest BCUT2D eigenvalue weighted by molar-refractivity contribution is -0.462. The molecule has 0 N–H and O–H groups in total. The van der Waals surface area contributed by atoms with Gasteiger partial charge in [0.05, 0.1) is 0 Å². The summed E-state index contributed by atoms with van der Waals surface area (Å²) in [7, 11) is 1.26. The molecule has 1 fully saturated rings. The van der Waals surface area contributed by atoms with Gasteiger partial charge in [-0.05, 0) is 32.0 Å². The van der Waals surface area contributed by atoms with Crippen LogP contribution in [0.1, 0.15) is 30.0 Å². The summed E-state index contributed by atoms with van der Waals surface area (Å²) in [6.07, 6.45) is -7.58. The Balaban J connectivity index is 2.69. The van der Waals surface area contributed by atoms with E-state index in [1.165, 1.54) is 11.9 Å². The van der Waals surface area contributed by atoms with Crippen molar-refractivity contribution in [3.05, 3.63) is 35.4 Å². The Morgan fingerprint density at radius 1 is 0.595 bits per heavy atom. The second-order valence-corrected chi connectivity index (χ2v) is 8.24. The molecular weight excluding hydrogens is 565 g/mol. The van der Waals surface area contributed by atoms with Crippen molar-refractivity contribution in [1.29, 1.82) is 0 Å². The van der Waals surface area contributed by atoms with Crippen molar-refractivity contribution in [2.75, 3.05) is 13.6 Å². The van der Waals surface area contributed by atoms with Crippen LogP contribution < -0.4 is 0 Å². The van der Waals surface area contributed by atoms with Crippen LogP contribution in [-0.4, -0.2) is 60.2 Å². The van der Waals surface area contributed by atoms with Crippen LogP contribution in [0.4, 0.5) is 74.6 Å². The highest BCUT2D eigenvalue weighted by molar-refractivity contribution is 5.37. The van der Waals surface area contributed by atoms with Gasteiger partial charge in [-0.2, -0.15) is 74.6 Å². The number of benzene rings is 1. The van der Waals surface area contributed by atoms with Gasteiger partial charge in [0.2, 0.25) is 0 Å². The molecule has 1 atom stereocenters. The molecule has 0 amide bonds. The minimum atomic E-state index is -8.63. The molecule has 18 heteroatoms. The zero-order valence-corrected chi connectivity index (χ0v) is 17.9. The number of likely N-dealkylation sites (tertiary alicyclic amines) is 1. The molecule has 1 heterocycles. The van der Waals surface area contributed by atoms with Gasteiger partial charge in [-0.3, -0.25) is 4.90 Å². The predicted octanol–water partition coefficient (Wildman–Crippen LogP) is 7.92. The number of halogens is 17. The number of rotatable bonds is 8. The van der Waals surface area contributed by atoms with Crippen molar-refractivity contribution in [1.82, 2.24) is 4.90 Å². The molecule has 0 radical (unpaired) electrons. The molecule has 37 heavy (non-hydrogen) atoms. The summed E-state index contributed by atoms with van der Waals surface area (Å²) in [5.74, 6) is -56.5. The zero-order valence-electron chi connectivity index (χ0n) is 17.9. The average Bonchev–Trinajstić information content (AvgIpc) is 3.17. The van der Waals surface area contributed by atoms with Crippen LogP contribution in [0.3, 0.4) is 0 Å². The van der Waals surface area contributed by atoms with Gasteiger partial charge in [0.15, 0.2) is 0 Å². The Kier molecular flexibility index (Phi) is 7.39. The van der Waals surface area contributed by atoms with E-state index >= 15 is 0 Å². The minimum absolute atomic E-state index is 0.0220. The van der Waals surface area contributed by atoms with Crippen molar-refractivity contribution in [2.45, 2.75) is 66.5 Å². The molecule has 2 rings (SSSR count). The Morgan fingerprint density at radius 3 is 1.41 bits per heavy atom. The molecule has 1 unspecified atom stereocenters. The molecular formula is C19H14F17N. The number of hydrogen-bond acceptors (Lipinski definition) is 1. The quantitative estimate of drug-likeness (QED) is 0.283. The second-order valence-electron chi connectivity index (χ2n) is 8.24. The predicted molar refractivity (Wildman–Crippen MR) is 90.7 cm³/mol. The van der Waals surface area contributed by atoms with Crippen molar-refractivity contribution >= 4 is 0 Å². The molecule has 1 nitrogen and oxygen atoms in total. The fraction of sp³-hybridized carbons (Fsp3) is 0.684. The molecule has 0 aromatic heterocycles. The van der Waals surface area contributed by atoms with Gasteiger partial charge in [0.1, 0.15) is 0 Å². The molecule has 1 aromatic carbocycles. The van der Waals surface area contributed by atoms with Gasteiger partial charge < -0.3 is 0 Å². The first kappa shape index (κ1) is 31.2. The van der Waals surface area contributed by atoms with Gasteiger partial charge >= 0.3 is 47.6 Å². The molecule has 0 spiro atoms. The Labute approximate surface area is 196 Å². The SMILES string of the molecule is CN1CCCC1c1ccccc1C(F)(F)C(F)(F)C(F)(F)C(F)(F)C(F)(F)C(F)(F)C(F)(F)C(F)(F)F. The van der Waals surface area contributed by atoms with Crippen LogP contribution in [0.25, 0.3) is 0 Å². The smallest absolute Gasteiger partial charge is 0.299 e. The first-order valence-electron chi connectivity index (χ1n) is 9.76. The maximum Gasteiger partial charge on any atom is 0.460 e.